The van der Waals surface area contributed by atoms with E-state index in [2.05, 4.69) is 10.6 Å². The van der Waals surface area contributed by atoms with E-state index < -0.39 is 5.54 Å². The molecule has 104 valence electrons. The number of nitrogens with one attached hydrogen (secondary N) is 2. The molecule has 1 fully saturated rings. The Morgan fingerprint density at radius 2 is 1.83 bits per heavy atom. The van der Waals surface area contributed by atoms with E-state index in [0.29, 0.717) is 19.6 Å². The fourth-order valence-electron chi connectivity index (χ4n) is 2.17. The Bertz CT molecular complexity index is 307. The molecule has 0 radical (unpaired) electrons. The summed E-state index contributed by atoms with van der Waals surface area (Å²) in [5.41, 5.74) is -0.529. The highest BCUT2D eigenvalue weighted by Gasteiger charge is 2.33. The maximum Gasteiger partial charge on any atom is 0.242 e. The van der Waals surface area contributed by atoms with Crippen LogP contribution >= 0.6 is 0 Å². The molecule has 1 rings (SSSR count). The van der Waals surface area contributed by atoms with Gasteiger partial charge in [-0.25, -0.2) is 0 Å². The number of likely N-dealkylation sites (N-methyl/N-ethyl adjacent to an activating group) is 1. The normalized spacial score (nSPS) is 17.7. The first-order chi connectivity index (χ1) is 8.42. The first-order valence-corrected chi connectivity index (χ1v) is 6.68. The van der Waals surface area contributed by atoms with E-state index >= 15 is 0 Å². The average Bonchev–Trinajstić information content (AvgIpc) is 2.38. The van der Waals surface area contributed by atoms with E-state index in [1.807, 2.05) is 25.7 Å². The van der Waals surface area contributed by atoms with Gasteiger partial charge in [-0.1, -0.05) is 0 Å². The number of rotatable bonds is 4. The molecule has 1 saturated heterocycles. The highest BCUT2D eigenvalue weighted by atomic mass is 16.2. The van der Waals surface area contributed by atoms with E-state index in [0.717, 1.165) is 12.8 Å². The number of piperidine rings is 1. The topological polar surface area (TPSA) is 61.4 Å². The lowest BCUT2D eigenvalue weighted by molar-refractivity contribution is -0.140. The summed E-state index contributed by atoms with van der Waals surface area (Å²) in [6.07, 6.45) is 1.52. The molecule has 2 N–H and O–H groups in total. The molecule has 5 nitrogen and oxygen atoms in total. The van der Waals surface area contributed by atoms with Gasteiger partial charge in [0.1, 0.15) is 0 Å². The van der Waals surface area contributed by atoms with E-state index in [9.17, 15) is 9.59 Å². The van der Waals surface area contributed by atoms with Gasteiger partial charge in [-0.2, -0.15) is 0 Å². The second-order valence-electron chi connectivity index (χ2n) is 5.34. The third-order valence-corrected chi connectivity index (χ3v) is 3.66. The SMILES string of the molecule is CCNC(=O)C1CCN(C(=O)C(C)(C)NC)CC1. The first-order valence-electron chi connectivity index (χ1n) is 6.68. The summed E-state index contributed by atoms with van der Waals surface area (Å²) in [6, 6.07) is 0. The molecule has 1 heterocycles. The number of carbonyl (C=O) groups is 2. The number of hydrogen-bond donors (Lipinski definition) is 2. The van der Waals surface area contributed by atoms with Crippen LogP contribution in [-0.4, -0.2) is 48.9 Å². The van der Waals surface area contributed by atoms with Crippen molar-refractivity contribution in [2.45, 2.75) is 39.2 Å². The Morgan fingerprint density at radius 1 is 1.28 bits per heavy atom. The van der Waals surface area contributed by atoms with Crippen LogP contribution < -0.4 is 10.6 Å². The lowest BCUT2D eigenvalue weighted by atomic mass is 9.94. The molecular weight excluding hydrogens is 230 g/mol. The molecule has 0 aromatic heterocycles. The summed E-state index contributed by atoms with van der Waals surface area (Å²) in [5.74, 6) is 0.295. The van der Waals surface area contributed by atoms with Crippen LogP contribution in [0.5, 0.6) is 0 Å². The molecule has 18 heavy (non-hydrogen) atoms. The zero-order valence-corrected chi connectivity index (χ0v) is 11.9. The van der Waals surface area contributed by atoms with Crippen molar-refractivity contribution < 1.29 is 9.59 Å². The quantitative estimate of drug-likeness (QED) is 0.762. The van der Waals surface area contributed by atoms with Crippen LogP contribution in [-0.2, 0) is 9.59 Å². The Kier molecular flexibility index (Phi) is 5.14. The fraction of sp³-hybridized carbons (Fsp3) is 0.846. The largest absolute Gasteiger partial charge is 0.356 e. The summed E-state index contributed by atoms with van der Waals surface area (Å²) >= 11 is 0. The third kappa shape index (κ3) is 3.45. The van der Waals surface area contributed by atoms with Gasteiger partial charge in [-0.3, -0.25) is 9.59 Å². The van der Waals surface area contributed by atoms with Crippen LogP contribution in [0.1, 0.15) is 33.6 Å². The van der Waals surface area contributed by atoms with E-state index in [1.165, 1.54) is 0 Å². The summed E-state index contributed by atoms with van der Waals surface area (Å²) in [5, 5.41) is 5.87. The predicted molar refractivity (Wildman–Crippen MR) is 71.1 cm³/mol. The molecule has 2 amide bonds. The Labute approximate surface area is 109 Å². The van der Waals surface area contributed by atoms with Gasteiger partial charge in [0.25, 0.3) is 0 Å². The molecule has 0 aliphatic carbocycles. The summed E-state index contributed by atoms with van der Waals surface area (Å²) in [7, 11) is 1.79. The zero-order valence-electron chi connectivity index (χ0n) is 11.9. The smallest absolute Gasteiger partial charge is 0.242 e. The molecule has 5 heteroatoms. The van der Waals surface area contributed by atoms with Gasteiger partial charge < -0.3 is 15.5 Å². The molecule has 1 aliphatic rings. The molecule has 0 spiro atoms. The van der Waals surface area contributed by atoms with Crippen molar-refractivity contribution in [1.82, 2.24) is 15.5 Å². The first kappa shape index (κ1) is 15.0. The second kappa shape index (κ2) is 6.18. The van der Waals surface area contributed by atoms with Crippen molar-refractivity contribution in [3.8, 4) is 0 Å². The number of nitrogens with zero attached hydrogens (tertiary/aromatic N) is 1. The van der Waals surface area contributed by atoms with Crippen LogP contribution in [0, 0.1) is 5.92 Å². The van der Waals surface area contributed by atoms with Crippen molar-refractivity contribution in [1.29, 1.82) is 0 Å². The lowest BCUT2D eigenvalue weighted by Gasteiger charge is -2.36. The maximum atomic E-state index is 12.2. The molecule has 1 aliphatic heterocycles. The van der Waals surface area contributed by atoms with Crippen molar-refractivity contribution in [3.05, 3.63) is 0 Å². The van der Waals surface area contributed by atoms with Crippen molar-refractivity contribution >= 4 is 11.8 Å². The summed E-state index contributed by atoms with van der Waals surface area (Å²) in [4.78, 5) is 25.8. The molecular formula is C13H25N3O2. The van der Waals surface area contributed by atoms with Crippen molar-refractivity contribution in [3.63, 3.8) is 0 Å². The van der Waals surface area contributed by atoms with Crippen LogP contribution in [0.25, 0.3) is 0 Å². The minimum absolute atomic E-state index is 0.0618. The summed E-state index contributed by atoms with van der Waals surface area (Å²) in [6.45, 7) is 7.70. The molecule has 0 aromatic rings. The molecule has 0 atom stereocenters. The van der Waals surface area contributed by atoms with E-state index in [-0.39, 0.29) is 17.7 Å². The van der Waals surface area contributed by atoms with Crippen LogP contribution in [0.15, 0.2) is 0 Å². The number of carbonyl (C=O) groups excluding carboxylic acids is 2. The van der Waals surface area contributed by atoms with E-state index in [4.69, 9.17) is 0 Å². The zero-order chi connectivity index (χ0) is 13.8. The van der Waals surface area contributed by atoms with Gasteiger partial charge in [0.15, 0.2) is 0 Å². The predicted octanol–water partition coefficient (Wildman–Crippen LogP) is 0.359. The molecule has 0 bridgehead atoms. The van der Waals surface area contributed by atoms with Crippen molar-refractivity contribution in [2.24, 2.45) is 5.92 Å². The highest BCUT2D eigenvalue weighted by molar-refractivity contribution is 5.86. The Balaban J connectivity index is 2.49. The monoisotopic (exact) mass is 255 g/mol. The van der Waals surface area contributed by atoms with Crippen LogP contribution in [0.4, 0.5) is 0 Å². The molecule has 0 saturated carbocycles. The average molecular weight is 255 g/mol. The highest BCUT2D eigenvalue weighted by Crippen LogP contribution is 2.20. The standard InChI is InChI=1S/C13H25N3O2/c1-5-15-11(17)10-6-8-16(9-7-10)12(18)13(2,3)14-4/h10,14H,5-9H2,1-4H3,(H,15,17). The van der Waals surface area contributed by atoms with Crippen LogP contribution in [0.2, 0.25) is 0 Å². The number of likely N-dealkylation sites (tertiary alicyclic amines) is 1. The molecule has 0 unspecified atom stereocenters. The third-order valence-electron chi connectivity index (χ3n) is 3.66. The second-order valence-corrected chi connectivity index (χ2v) is 5.34. The van der Waals surface area contributed by atoms with Gasteiger partial charge in [0.2, 0.25) is 11.8 Å². The Hall–Kier alpha value is -1.10. The maximum absolute atomic E-state index is 12.2. The lowest BCUT2D eigenvalue weighted by Crippen LogP contribution is -2.55. The van der Waals surface area contributed by atoms with Crippen molar-refractivity contribution in [2.75, 3.05) is 26.7 Å². The Morgan fingerprint density at radius 3 is 2.28 bits per heavy atom. The van der Waals surface area contributed by atoms with Gasteiger partial charge in [-0.15, -0.1) is 0 Å². The fourth-order valence-corrected chi connectivity index (χ4v) is 2.17. The summed E-state index contributed by atoms with van der Waals surface area (Å²) < 4.78 is 0. The van der Waals surface area contributed by atoms with Gasteiger partial charge in [0, 0.05) is 25.6 Å². The molecule has 0 aromatic carbocycles. The van der Waals surface area contributed by atoms with Gasteiger partial charge in [-0.05, 0) is 40.7 Å². The van der Waals surface area contributed by atoms with E-state index in [1.54, 1.807) is 7.05 Å². The minimum Gasteiger partial charge on any atom is -0.356 e. The number of amides is 2. The number of hydrogen-bond acceptors (Lipinski definition) is 3. The van der Waals surface area contributed by atoms with Crippen LogP contribution in [0.3, 0.4) is 0 Å². The van der Waals surface area contributed by atoms with Gasteiger partial charge >= 0.3 is 0 Å². The minimum atomic E-state index is -0.529. The van der Waals surface area contributed by atoms with Gasteiger partial charge in [0.05, 0.1) is 5.54 Å².